The third kappa shape index (κ3) is 3.09. The molecule has 0 atom stereocenters. The predicted molar refractivity (Wildman–Crippen MR) is 70.3 cm³/mol. The first kappa shape index (κ1) is 11.7. The van der Waals surface area contributed by atoms with E-state index in [4.69, 9.17) is 5.26 Å². The summed E-state index contributed by atoms with van der Waals surface area (Å²) in [4.78, 5) is 0. The van der Waals surface area contributed by atoms with Crippen molar-refractivity contribution in [1.82, 2.24) is 0 Å². The Labute approximate surface area is 103 Å². The fourth-order valence-electron chi connectivity index (χ4n) is 2.16. The monoisotopic (exact) mass is 223 g/mol. The van der Waals surface area contributed by atoms with Crippen LogP contribution in [0.3, 0.4) is 0 Å². The lowest BCUT2D eigenvalue weighted by atomic mass is 9.87. The fourth-order valence-corrected chi connectivity index (χ4v) is 2.16. The van der Waals surface area contributed by atoms with Crippen LogP contribution in [-0.4, -0.2) is 0 Å². The molecule has 0 bridgehead atoms. The van der Waals surface area contributed by atoms with E-state index in [0.717, 1.165) is 29.9 Å². The van der Waals surface area contributed by atoms with Crippen molar-refractivity contribution in [2.75, 3.05) is 0 Å². The minimum Gasteiger partial charge on any atom is -0.192 e. The van der Waals surface area contributed by atoms with Gasteiger partial charge in [-0.15, -0.1) is 5.73 Å². The van der Waals surface area contributed by atoms with Gasteiger partial charge in [0.1, 0.15) is 0 Å². The van der Waals surface area contributed by atoms with E-state index in [0.29, 0.717) is 0 Å². The zero-order valence-corrected chi connectivity index (χ0v) is 10.2. The minimum atomic E-state index is 0.727. The molecule has 1 aliphatic rings. The van der Waals surface area contributed by atoms with Crippen LogP contribution in [0.1, 0.15) is 43.7 Å². The molecule has 0 saturated heterocycles. The summed E-state index contributed by atoms with van der Waals surface area (Å²) in [6.07, 6.45) is 6.83. The van der Waals surface area contributed by atoms with Crippen molar-refractivity contribution in [3.05, 3.63) is 46.7 Å². The van der Waals surface area contributed by atoms with Crippen LogP contribution < -0.4 is 0 Å². The van der Waals surface area contributed by atoms with Gasteiger partial charge in [0.05, 0.1) is 11.6 Å². The molecule has 0 aliphatic heterocycles. The Morgan fingerprint density at radius 3 is 2.65 bits per heavy atom. The summed E-state index contributed by atoms with van der Waals surface area (Å²) in [5, 5.41) is 8.99. The van der Waals surface area contributed by atoms with Crippen molar-refractivity contribution in [2.24, 2.45) is 5.92 Å². The van der Waals surface area contributed by atoms with Crippen LogP contribution in [-0.2, 0) is 0 Å². The maximum Gasteiger partial charge on any atom is 0.0998 e. The zero-order chi connectivity index (χ0) is 12.1. The Bertz CT molecular complexity index is 489. The molecule has 1 aromatic rings. The third-order valence-electron chi connectivity index (χ3n) is 3.39. The Kier molecular flexibility index (Phi) is 3.81. The Hall–Kier alpha value is -1.77. The van der Waals surface area contributed by atoms with Crippen LogP contribution in [0.5, 0.6) is 0 Å². The molecule has 1 aliphatic carbocycles. The lowest BCUT2D eigenvalue weighted by Gasteiger charge is -2.18. The largest absolute Gasteiger partial charge is 0.192 e. The number of allylic oxidation sites excluding steroid dienone is 1. The first-order valence-corrected chi connectivity index (χ1v) is 6.23. The van der Waals surface area contributed by atoms with Gasteiger partial charge in [0.2, 0.25) is 0 Å². The number of nitriles is 1. The standard InChI is InChI=1S/C16H17N/c1-13-6-8-14(9-7-13)10-11-15-4-2-3-5-16(15)12-17/h2-5,11,13H,6-9H2,1H3. The molecule has 0 N–H and O–H groups in total. The molecule has 1 nitrogen and oxygen atoms in total. The molecule has 1 saturated carbocycles. The highest BCUT2D eigenvalue weighted by atomic mass is 14.2. The van der Waals surface area contributed by atoms with E-state index >= 15 is 0 Å². The summed E-state index contributed by atoms with van der Waals surface area (Å²) in [6, 6.07) is 9.88. The summed E-state index contributed by atoms with van der Waals surface area (Å²) < 4.78 is 0. The SMILES string of the molecule is CC1CCC(=C=Cc2ccccc2C#N)CC1. The van der Waals surface area contributed by atoms with Crippen LogP contribution in [0.15, 0.2) is 35.6 Å². The molecule has 1 fully saturated rings. The molecule has 0 unspecified atom stereocenters. The van der Waals surface area contributed by atoms with E-state index in [9.17, 15) is 0 Å². The second-order valence-corrected chi connectivity index (χ2v) is 4.77. The Balaban J connectivity index is 2.20. The summed E-state index contributed by atoms with van der Waals surface area (Å²) in [5.41, 5.74) is 6.47. The molecule has 0 heterocycles. The predicted octanol–water partition coefficient (Wildman–Crippen LogP) is 4.31. The Morgan fingerprint density at radius 2 is 1.94 bits per heavy atom. The molecule has 0 amide bonds. The summed E-state index contributed by atoms with van der Waals surface area (Å²) in [7, 11) is 0. The van der Waals surface area contributed by atoms with E-state index in [-0.39, 0.29) is 0 Å². The van der Waals surface area contributed by atoms with Crippen LogP contribution in [0.4, 0.5) is 0 Å². The van der Waals surface area contributed by atoms with E-state index in [1.165, 1.54) is 18.4 Å². The smallest absolute Gasteiger partial charge is 0.0998 e. The van der Waals surface area contributed by atoms with Gasteiger partial charge in [0.25, 0.3) is 0 Å². The summed E-state index contributed by atoms with van der Waals surface area (Å²) in [6.45, 7) is 2.31. The minimum absolute atomic E-state index is 0.727. The highest BCUT2D eigenvalue weighted by molar-refractivity contribution is 5.57. The van der Waals surface area contributed by atoms with Gasteiger partial charge in [-0.1, -0.05) is 25.1 Å². The molecule has 0 aromatic heterocycles. The number of rotatable bonds is 1. The first-order chi connectivity index (χ1) is 8.29. The molecular formula is C16H17N. The molecule has 1 heteroatoms. The van der Waals surface area contributed by atoms with Crippen molar-refractivity contribution in [3.63, 3.8) is 0 Å². The second kappa shape index (κ2) is 5.53. The van der Waals surface area contributed by atoms with E-state index in [1.54, 1.807) is 0 Å². The van der Waals surface area contributed by atoms with Crippen molar-refractivity contribution in [3.8, 4) is 6.07 Å². The molecule has 86 valence electrons. The van der Waals surface area contributed by atoms with Crippen LogP contribution >= 0.6 is 0 Å². The van der Waals surface area contributed by atoms with E-state index in [1.807, 2.05) is 30.3 Å². The van der Waals surface area contributed by atoms with Gasteiger partial charge >= 0.3 is 0 Å². The van der Waals surface area contributed by atoms with E-state index in [2.05, 4.69) is 18.7 Å². The highest BCUT2D eigenvalue weighted by Gasteiger charge is 2.11. The van der Waals surface area contributed by atoms with Crippen LogP contribution in [0.25, 0.3) is 6.08 Å². The molecule has 1 aromatic carbocycles. The summed E-state index contributed by atoms with van der Waals surface area (Å²) in [5.74, 6) is 0.854. The number of nitrogens with zero attached hydrogens (tertiary/aromatic N) is 1. The van der Waals surface area contributed by atoms with Gasteiger partial charge < -0.3 is 0 Å². The van der Waals surface area contributed by atoms with Gasteiger partial charge in [-0.2, -0.15) is 5.26 Å². The van der Waals surface area contributed by atoms with Gasteiger partial charge in [0, 0.05) is 0 Å². The van der Waals surface area contributed by atoms with Gasteiger partial charge in [-0.05, 0) is 54.9 Å². The van der Waals surface area contributed by atoms with Crippen molar-refractivity contribution < 1.29 is 0 Å². The normalized spacial score (nSPS) is 19.3. The van der Waals surface area contributed by atoms with Gasteiger partial charge in [0.15, 0.2) is 0 Å². The number of benzene rings is 1. The maximum absolute atomic E-state index is 8.99. The summed E-state index contributed by atoms with van der Waals surface area (Å²) >= 11 is 0. The van der Waals surface area contributed by atoms with Crippen molar-refractivity contribution in [1.29, 1.82) is 5.26 Å². The van der Waals surface area contributed by atoms with Crippen LogP contribution in [0.2, 0.25) is 0 Å². The number of hydrogen-bond acceptors (Lipinski definition) is 1. The lowest BCUT2D eigenvalue weighted by molar-refractivity contribution is 0.444. The first-order valence-electron chi connectivity index (χ1n) is 6.23. The third-order valence-corrected chi connectivity index (χ3v) is 3.39. The Morgan fingerprint density at radius 1 is 1.24 bits per heavy atom. The maximum atomic E-state index is 8.99. The molecular weight excluding hydrogens is 206 g/mol. The molecule has 0 spiro atoms. The number of hydrogen-bond donors (Lipinski definition) is 0. The highest BCUT2D eigenvalue weighted by Crippen LogP contribution is 2.27. The average Bonchev–Trinajstić information content (AvgIpc) is 2.38. The van der Waals surface area contributed by atoms with Crippen molar-refractivity contribution in [2.45, 2.75) is 32.6 Å². The molecule has 17 heavy (non-hydrogen) atoms. The van der Waals surface area contributed by atoms with Crippen LogP contribution in [0, 0.1) is 17.2 Å². The lowest BCUT2D eigenvalue weighted by Crippen LogP contribution is -2.02. The van der Waals surface area contributed by atoms with Crippen molar-refractivity contribution >= 4 is 6.08 Å². The topological polar surface area (TPSA) is 23.8 Å². The second-order valence-electron chi connectivity index (χ2n) is 4.77. The average molecular weight is 223 g/mol. The molecule has 0 radical (unpaired) electrons. The fraction of sp³-hybridized carbons (Fsp3) is 0.375. The van der Waals surface area contributed by atoms with Gasteiger partial charge in [-0.3, -0.25) is 0 Å². The van der Waals surface area contributed by atoms with E-state index < -0.39 is 0 Å². The van der Waals surface area contributed by atoms with Gasteiger partial charge in [-0.25, -0.2) is 0 Å². The zero-order valence-electron chi connectivity index (χ0n) is 10.2. The molecule has 2 rings (SSSR count). The quantitative estimate of drug-likeness (QED) is 0.651.